The molecule has 2 rings (SSSR count). The summed E-state index contributed by atoms with van der Waals surface area (Å²) in [6.45, 7) is 7.57. The summed E-state index contributed by atoms with van der Waals surface area (Å²) in [6.07, 6.45) is 4.53. The van der Waals surface area contributed by atoms with Crippen molar-refractivity contribution in [1.82, 2.24) is 5.32 Å². The first-order valence-electron chi connectivity index (χ1n) is 7.71. The molecule has 0 radical (unpaired) electrons. The van der Waals surface area contributed by atoms with E-state index >= 15 is 0 Å². The summed E-state index contributed by atoms with van der Waals surface area (Å²) in [5, 5.41) is 13.1. The first-order valence-corrected chi connectivity index (χ1v) is 8.93. The van der Waals surface area contributed by atoms with Crippen LogP contribution in [0.15, 0.2) is 23.1 Å². The number of anilines is 1. The molecule has 0 aliphatic carbocycles. The Hall–Kier alpha value is -1.18. The van der Waals surface area contributed by atoms with Crippen LogP contribution in [0.25, 0.3) is 0 Å². The van der Waals surface area contributed by atoms with Gasteiger partial charge in [0.1, 0.15) is 6.07 Å². The molecule has 0 amide bonds. The van der Waals surface area contributed by atoms with Crippen LogP contribution in [-0.4, -0.2) is 31.9 Å². The number of rotatable bonds is 6. The van der Waals surface area contributed by atoms with E-state index in [1.165, 1.54) is 12.8 Å². The van der Waals surface area contributed by atoms with Crippen molar-refractivity contribution in [1.29, 1.82) is 5.26 Å². The summed E-state index contributed by atoms with van der Waals surface area (Å²) >= 11 is 1.65. The molecule has 21 heavy (non-hydrogen) atoms. The van der Waals surface area contributed by atoms with Gasteiger partial charge in [0, 0.05) is 24.0 Å². The van der Waals surface area contributed by atoms with Gasteiger partial charge in [-0.1, -0.05) is 19.9 Å². The van der Waals surface area contributed by atoms with Gasteiger partial charge >= 0.3 is 0 Å². The van der Waals surface area contributed by atoms with Gasteiger partial charge in [-0.25, -0.2) is 0 Å². The van der Waals surface area contributed by atoms with E-state index in [0.29, 0.717) is 12.0 Å². The molecule has 1 aromatic carbocycles. The van der Waals surface area contributed by atoms with Crippen LogP contribution in [0.1, 0.15) is 32.3 Å². The fourth-order valence-corrected chi connectivity index (χ4v) is 3.53. The molecule has 114 valence electrons. The lowest BCUT2D eigenvalue weighted by Crippen LogP contribution is -2.39. The number of nitriles is 1. The van der Waals surface area contributed by atoms with E-state index in [-0.39, 0.29) is 0 Å². The molecular weight excluding hydrogens is 278 g/mol. The Labute approximate surface area is 132 Å². The SMILES string of the molecule is CSc1cccc(N(CC(C)C)CC2CCCN2)c1C#N. The minimum Gasteiger partial charge on any atom is -0.369 e. The molecule has 0 aromatic heterocycles. The summed E-state index contributed by atoms with van der Waals surface area (Å²) in [5.74, 6) is 0.580. The molecule has 1 unspecified atom stereocenters. The monoisotopic (exact) mass is 303 g/mol. The van der Waals surface area contributed by atoms with Crippen LogP contribution in [0.2, 0.25) is 0 Å². The number of nitrogens with one attached hydrogen (secondary N) is 1. The average Bonchev–Trinajstić information content (AvgIpc) is 2.98. The van der Waals surface area contributed by atoms with E-state index in [1.54, 1.807) is 11.8 Å². The fraction of sp³-hybridized carbons (Fsp3) is 0.588. The van der Waals surface area contributed by atoms with Crippen molar-refractivity contribution in [3.05, 3.63) is 23.8 Å². The van der Waals surface area contributed by atoms with Gasteiger partial charge in [-0.2, -0.15) is 5.26 Å². The minimum absolute atomic E-state index is 0.549. The predicted octanol–water partition coefficient (Wildman–Crippen LogP) is 3.49. The Morgan fingerprint density at radius 2 is 2.29 bits per heavy atom. The molecule has 0 bridgehead atoms. The molecule has 1 fully saturated rings. The van der Waals surface area contributed by atoms with Crippen LogP contribution in [0.4, 0.5) is 5.69 Å². The Kier molecular flexibility index (Phi) is 5.96. The van der Waals surface area contributed by atoms with Crippen LogP contribution in [-0.2, 0) is 0 Å². The topological polar surface area (TPSA) is 39.1 Å². The van der Waals surface area contributed by atoms with Gasteiger partial charge in [0.2, 0.25) is 0 Å². The summed E-state index contributed by atoms with van der Waals surface area (Å²) < 4.78 is 0. The fourth-order valence-electron chi connectivity index (χ4n) is 2.96. The molecule has 1 aromatic rings. The first-order chi connectivity index (χ1) is 10.2. The lowest BCUT2D eigenvalue weighted by molar-refractivity contribution is 0.540. The number of nitrogens with zero attached hydrogens (tertiary/aromatic N) is 2. The van der Waals surface area contributed by atoms with Gasteiger partial charge in [-0.3, -0.25) is 0 Å². The third-order valence-electron chi connectivity index (χ3n) is 3.87. The standard InChI is InChI=1S/C17H25N3S/c1-13(2)11-20(12-14-6-5-9-19-14)16-7-4-8-17(21-3)15(16)10-18/h4,7-8,13-14,19H,5-6,9,11-12H2,1-3H3. The molecule has 1 saturated heterocycles. The molecule has 0 spiro atoms. The molecule has 1 heterocycles. The van der Waals surface area contributed by atoms with Crippen molar-refractivity contribution in [2.45, 2.75) is 37.6 Å². The van der Waals surface area contributed by atoms with Gasteiger partial charge in [0.05, 0.1) is 11.3 Å². The van der Waals surface area contributed by atoms with Crippen LogP contribution < -0.4 is 10.2 Å². The second kappa shape index (κ2) is 7.72. The Morgan fingerprint density at radius 1 is 1.48 bits per heavy atom. The van der Waals surface area contributed by atoms with Crippen LogP contribution in [0, 0.1) is 17.2 Å². The average molecular weight is 303 g/mol. The van der Waals surface area contributed by atoms with Gasteiger partial charge in [0.15, 0.2) is 0 Å². The summed E-state index contributed by atoms with van der Waals surface area (Å²) in [7, 11) is 0. The van der Waals surface area contributed by atoms with Crippen molar-refractivity contribution < 1.29 is 0 Å². The third-order valence-corrected chi connectivity index (χ3v) is 4.65. The second-order valence-electron chi connectivity index (χ2n) is 6.06. The smallest absolute Gasteiger partial charge is 0.103 e. The highest BCUT2D eigenvalue weighted by molar-refractivity contribution is 7.98. The number of hydrogen-bond acceptors (Lipinski definition) is 4. The van der Waals surface area contributed by atoms with Gasteiger partial charge in [-0.05, 0) is 43.7 Å². The summed E-state index contributed by atoms with van der Waals surface area (Å²) in [4.78, 5) is 3.47. The molecule has 1 N–H and O–H groups in total. The molecule has 1 aliphatic heterocycles. The number of thioether (sulfide) groups is 1. The molecular formula is C17H25N3S. The highest BCUT2D eigenvalue weighted by Crippen LogP contribution is 2.30. The van der Waals surface area contributed by atoms with E-state index in [4.69, 9.17) is 0 Å². The van der Waals surface area contributed by atoms with Crippen molar-refractivity contribution >= 4 is 17.4 Å². The highest BCUT2D eigenvalue weighted by atomic mass is 32.2. The molecule has 1 aliphatic rings. The van der Waals surface area contributed by atoms with Crippen LogP contribution in [0.3, 0.4) is 0 Å². The third kappa shape index (κ3) is 4.15. The summed E-state index contributed by atoms with van der Waals surface area (Å²) in [6, 6.07) is 9.16. The number of hydrogen-bond donors (Lipinski definition) is 1. The maximum Gasteiger partial charge on any atom is 0.103 e. The molecule has 4 heteroatoms. The summed E-state index contributed by atoms with van der Waals surface area (Å²) in [5.41, 5.74) is 1.91. The second-order valence-corrected chi connectivity index (χ2v) is 6.91. The van der Waals surface area contributed by atoms with Crippen LogP contribution >= 0.6 is 11.8 Å². The van der Waals surface area contributed by atoms with Crippen molar-refractivity contribution in [2.24, 2.45) is 5.92 Å². The Morgan fingerprint density at radius 3 is 2.86 bits per heavy atom. The van der Waals surface area contributed by atoms with E-state index < -0.39 is 0 Å². The van der Waals surface area contributed by atoms with Gasteiger partial charge in [0.25, 0.3) is 0 Å². The number of benzene rings is 1. The van der Waals surface area contributed by atoms with E-state index in [9.17, 15) is 5.26 Å². The highest BCUT2D eigenvalue weighted by Gasteiger charge is 2.21. The Balaban J connectivity index is 2.29. The Bertz CT molecular complexity index is 501. The zero-order valence-corrected chi connectivity index (χ0v) is 14.0. The van der Waals surface area contributed by atoms with Crippen molar-refractivity contribution in [3.8, 4) is 6.07 Å². The largest absolute Gasteiger partial charge is 0.369 e. The molecule has 1 atom stereocenters. The lowest BCUT2D eigenvalue weighted by atomic mass is 10.1. The predicted molar refractivity (Wildman–Crippen MR) is 91.0 cm³/mol. The van der Waals surface area contributed by atoms with Crippen LogP contribution in [0.5, 0.6) is 0 Å². The maximum absolute atomic E-state index is 9.57. The van der Waals surface area contributed by atoms with E-state index in [1.807, 2.05) is 12.3 Å². The molecule has 3 nitrogen and oxygen atoms in total. The normalized spacial score (nSPS) is 18.0. The first kappa shape index (κ1) is 16.2. The zero-order chi connectivity index (χ0) is 15.2. The van der Waals surface area contributed by atoms with Gasteiger partial charge < -0.3 is 10.2 Å². The maximum atomic E-state index is 9.57. The lowest BCUT2D eigenvalue weighted by Gasteiger charge is -2.30. The van der Waals surface area contributed by atoms with Crippen molar-refractivity contribution in [2.75, 3.05) is 30.8 Å². The zero-order valence-electron chi connectivity index (χ0n) is 13.2. The minimum atomic E-state index is 0.549. The van der Waals surface area contributed by atoms with E-state index in [0.717, 1.165) is 35.8 Å². The molecule has 0 saturated carbocycles. The quantitative estimate of drug-likeness (QED) is 0.817. The van der Waals surface area contributed by atoms with Crippen molar-refractivity contribution in [3.63, 3.8) is 0 Å². The van der Waals surface area contributed by atoms with Gasteiger partial charge in [-0.15, -0.1) is 11.8 Å². The van der Waals surface area contributed by atoms with E-state index in [2.05, 4.69) is 42.3 Å².